The molecule has 1 unspecified atom stereocenters. The summed E-state index contributed by atoms with van der Waals surface area (Å²) in [5, 5.41) is 0. The molecule has 0 spiro atoms. The minimum atomic E-state index is -0.909. The van der Waals surface area contributed by atoms with E-state index in [1.165, 1.54) is 6.07 Å². The predicted octanol–water partition coefficient (Wildman–Crippen LogP) is 2.42. The molecule has 1 atom stereocenters. The molecule has 0 radical (unpaired) electrons. The zero-order valence-corrected chi connectivity index (χ0v) is 10.6. The number of halogens is 2. The molecule has 1 aliphatic heterocycles. The van der Waals surface area contributed by atoms with Gasteiger partial charge < -0.3 is 10.5 Å². The first-order valence-corrected chi connectivity index (χ1v) is 6.23. The third-order valence-corrected chi connectivity index (χ3v) is 3.69. The number of nitrogen functional groups attached to an aromatic ring is 1. The van der Waals surface area contributed by atoms with Crippen LogP contribution in [0.4, 0.5) is 14.7 Å². The van der Waals surface area contributed by atoms with Crippen LogP contribution in [0.5, 0.6) is 0 Å². The SMILES string of the molecule is CC1(n2c(N)nc3ccc(F)c(F)c32)CCCOC1. The second-order valence-corrected chi connectivity index (χ2v) is 5.19. The van der Waals surface area contributed by atoms with Crippen LogP contribution in [0.15, 0.2) is 12.1 Å². The highest BCUT2D eigenvalue weighted by atomic mass is 19.2. The van der Waals surface area contributed by atoms with Gasteiger partial charge in [0, 0.05) is 6.61 Å². The molecule has 102 valence electrons. The first-order chi connectivity index (χ1) is 9.03. The summed E-state index contributed by atoms with van der Waals surface area (Å²) in [4.78, 5) is 4.11. The Bertz CT molecular complexity index is 632. The Morgan fingerprint density at radius 2 is 2.21 bits per heavy atom. The van der Waals surface area contributed by atoms with Crippen molar-refractivity contribution in [2.75, 3.05) is 18.9 Å². The molecule has 6 heteroatoms. The van der Waals surface area contributed by atoms with E-state index in [-0.39, 0.29) is 11.5 Å². The number of aromatic nitrogens is 2. The largest absolute Gasteiger partial charge is 0.379 e. The molecule has 2 N–H and O–H groups in total. The normalized spacial score (nSPS) is 23.9. The molecule has 4 nitrogen and oxygen atoms in total. The van der Waals surface area contributed by atoms with E-state index in [2.05, 4.69) is 4.98 Å². The minimum Gasteiger partial charge on any atom is -0.379 e. The van der Waals surface area contributed by atoms with E-state index < -0.39 is 17.2 Å². The predicted molar refractivity (Wildman–Crippen MR) is 67.8 cm³/mol. The molecule has 0 aliphatic carbocycles. The van der Waals surface area contributed by atoms with Gasteiger partial charge in [-0.15, -0.1) is 0 Å². The number of rotatable bonds is 1. The van der Waals surface area contributed by atoms with Crippen molar-refractivity contribution in [2.45, 2.75) is 25.3 Å². The second kappa shape index (κ2) is 4.16. The molecular formula is C13H15F2N3O. The van der Waals surface area contributed by atoms with Crippen molar-refractivity contribution in [3.63, 3.8) is 0 Å². The molecule has 0 amide bonds. The molecule has 1 fully saturated rings. The monoisotopic (exact) mass is 267 g/mol. The Hall–Kier alpha value is -1.69. The van der Waals surface area contributed by atoms with Crippen LogP contribution in [-0.4, -0.2) is 22.8 Å². The summed E-state index contributed by atoms with van der Waals surface area (Å²) in [5.41, 5.74) is 5.88. The van der Waals surface area contributed by atoms with Gasteiger partial charge in [-0.1, -0.05) is 0 Å². The van der Waals surface area contributed by atoms with Crippen LogP contribution in [0.1, 0.15) is 19.8 Å². The smallest absolute Gasteiger partial charge is 0.201 e. The lowest BCUT2D eigenvalue weighted by Gasteiger charge is -2.35. The van der Waals surface area contributed by atoms with Gasteiger partial charge in [-0.2, -0.15) is 0 Å². The highest BCUT2D eigenvalue weighted by Gasteiger charge is 2.34. The van der Waals surface area contributed by atoms with Gasteiger partial charge in [0.15, 0.2) is 11.6 Å². The van der Waals surface area contributed by atoms with E-state index in [4.69, 9.17) is 10.5 Å². The third-order valence-electron chi connectivity index (χ3n) is 3.69. The fraction of sp³-hybridized carbons (Fsp3) is 0.462. The van der Waals surface area contributed by atoms with E-state index in [1.807, 2.05) is 6.92 Å². The molecular weight excluding hydrogens is 252 g/mol. The van der Waals surface area contributed by atoms with Crippen LogP contribution in [0, 0.1) is 11.6 Å². The van der Waals surface area contributed by atoms with Crippen molar-refractivity contribution in [3.05, 3.63) is 23.8 Å². The average molecular weight is 267 g/mol. The topological polar surface area (TPSA) is 53.1 Å². The van der Waals surface area contributed by atoms with E-state index in [0.29, 0.717) is 18.7 Å². The summed E-state index contributed by atoms with van der Waals surface area (Å²) < 4.78 is 34.5. The number of benzene rings is 1. The molecule has 1 aromatic heterocycles. The van der Waals surface area contributed by atoms with E-state index in [9.17, 15) is 8.78 Å². The number of nitrogens with two attached hydrogens (primary N) is 1. The standard InChI is InChI=1S/C13H15F2N3O/c1-13(5-2-6-19-7-13)18-11-9(17-12(18)16)4-3-8(14)10(11)15/h3-4H,2,5-7H2,1H3,(H2,16,17). The lowest BCUT2D eigenvalue weighted by atomic mass is 9.94. The maximum atomic E-state index is 14.1. The van der Waals surface area contributed by atoms with E-state index in [0.717, 1.165) is 18.9 Å². The quantitative estimate of drug-likeness (QED) is 0.863. The van der Waals surface area contributed by atoms with Crippen LogP contribution in [0.25, 0.3) is 11.0 Å². The highest BCUT2D eigenvalue weighted by Crippen LogP contribution is 2.34. The van der Waals surface area contributed by atoms with Crippen molar-refractivity contribution >= 4 is 17.0 Å². The van der Waals surface area contributed by atoms with Crippen LogP contribution in [0.2, 0.25) is 0 Å². The Kier molecular flexibility index (Phi) is 2.70. The molecule has 3 rings (SSSR count). The van der Waals surface area contributed by atoms with Gasteiger partial charge in [-0.3, -0.25) is 4.57 Å². The summed E-state index contributed by atoms with van der Waals surface area (Å²) in [6.45, 7) is 3.02. The lowest BCUT2D eigenvalue weighted by molar-refractivity contribution is 0.0122. The van der Waals surface area contributed by atoms with Crippen molar-refractivity contribution in [3.8, 4) is 0 Å². The van der Waals surface area contributed by atoms with Gasteiger partial charge in [0.25, 0.3) is 0 Å². The van der Waals surface area contributed by atoms with Crippen LogP contribution in [0.3, 0.4) is 0 Å². The minimum absolute atomic E-state index is 0.116. The maximum absolute atomic E-state index is 14.1. The summed E-state index contributed by atoms with van der Waals surface area (Å²) in [6, 6.07) is 2.50. The van der Waals surface area contributed by atoms with Gasteiger partial charge >= 0.3 is 0 Å². The van der Waals surface area contributed by atoms with Crippen LogP contribution >= 0.6 is 0 Å². The zero-order chi connectivity index (χ0) is 13.6. The lowest BCUT2D eigenvalue weighted by Crippen LogP contribution is -2.39. The van der Waals surface area contributed by atoms with Crippen molar-refractivity contribution in [2.24, 2.45) is 0 Å². The Balaban J connectivity index is 2.27. The third kappa shape index (κ3) is 1.78. The van der Waals surface area contributed by atoms with Crippen molar-refractivity contribution < 1.29 is 13.5 Å². The molecule has 1 saturated heterocycles. The summed E-state index contributed by atoms with van der Waals surface area (Å²) in [7, 11) is 0. The highest BCUT2D eigenvalue weighted by molar-refractivity contribution is 5.79. The number of nitrogens with zero attached hydrogens (tertiary/aromatic N) is 2. The van der Waals surface area contributed by atoms with Gasteiger partial charge in [0.05, 0.1) is 17.7 Å². The number of fused-ring (bicyclic) bond motifs is 1. The Morgan fingerprint density at radius 1 is 1.42 bits per heavy atom. The first kappa shape index (κ1) is 12.3. The molecule has 1 aliphatic rings. The van der Waals surface area contributed by atoms with Gasteiger partial charge in [0.2, 0.25) is 5.95 Å². The average Bonchev–Trinajstić information content (AvgIpc) is 2.73. The van der Waals surface area contributed by atoms with E-state index >= 15 is 0 Å². The number of ether oxygens (including phenoxy) is 1. The zero-order valence-electron chi connectivity index (χ0n) is 10.6. The molecule has 1 aromatic carbocycles. The van der Waals surface area contributed by atoms with Gasteiger partial charge in [-0.25, -0.2) is 13.8 Å². The number of hydrogen-bond acceptors (Lipinski definition) is 3. The molecule has 2 heterocycles. The van der Waals surface area contributed by atoms with E-state index in [1.54, 1.807) is 4.57 Å². The number of anilines is 1. The fourth-order valence-corrected chi connectivity index (χ4v) is 2.76. The Labute approximate surface area is 109 Å². The maximum Gasteiger partial charge on any atom is 0.201 e. The number of imidazole rings is 1. The Morgan fingerprint density at radius 3 is 2.89 bits per heavy atom. The van der Waals surface area contributed by atoms with Crippen molar-refractivity contribution in [1.29, 1.82) is 0 Å². The first-order valence-electron chi connectivity index (χ1n) is 6.23. The van der Waals surface area contributed by atoms with Crippen LogP contribution in [-0.2, 0) is 10.3 Å². The molecule has 0 bridgehead atoms. The fourth-order valence-electron chi connectivity index (χ4n) is 2.76. The van der Waals surface area contributed by atoms with Crippen molar-refractivity contribution in [1.82, 2.24) is 9.55 Å². The van der Waals surface area contributed by atoms with Gasteiger partial charge in [-0.05, 0) is 31.9 Å². The molecule has 2 aromatic rings. The summed E-state index contributed by atoms with van der Waals surface area (Å²) in [5.74, 6) is -1.62. The summed E-state index contributed by atoms with van der Waals surface area (Å²) >= 11 is 0. The summed E-state index contributed by atoms with van der Waals surface area (Å²) in [6.07, 6.45) is 1.64. The molecule has 19 heavy (non-hydrogen) atoms. The molecule has 0 saturated carbocycles. The van der Waals surface area contributed by atoms with Gasteiger partial charge in [0.1, 0.15) is 5.52 Å². The number of hydrogen-bond donors (Lipinski definition) is 1. The second-order valence-electron chi connectivity index (χ2n) is 5.19. The van der Waals surface area contributed by atoms with Crippen LogP contribution < -0.4 is 5.73 Å².